The topological polar surface area (TPSA) is 72.1 Å². The molecule has 1 saturated heterocycles. The van der Waals surface area contributed by atoms with Gasteiger partial charge in [-0.3, -0.25) is 9.69 Å². The highest BCUT2D eigenvalue weighted by atomic mass is 16.5. The molecule has 2 aromatic rings. The van der Waals surface area contributed by atoms with Crippen LogP contribution in [-0.4, -0.2) is 56.9 Å². The van der Waals surface area contributed by atoms with E-state index in [1.54, 1.807) is 0 Å². The molecule has 0 saturated carbocycles. The molecule has 2 heterocycles. The fourth-order valence-corrected chi connectivity index (χ4v) is 4.23. The summed E-state index contributed by atoms with van der Waals surface area (Å²) < 4.78 is 17.0. The highest BCUT2D eigenvalue weighted by Gasteiger charge is 2.20. The van der Waals surface area contributed by atoms with Gasteiger partial charge in [0.2, 0.25) is 5.91 Å². The third-order valence-corrected chi connectivity index (χ3v) is 6.03. The third kappa shape index (κ3) is 6.69. The molecular formula is C26H35N3O4. The van der Waals surface area contributed by atoms with E-state index >= 15 is 0 Å². The number of rotatable bonds is 8. The van der Waals surface area contributed by atoms with Gasteiger partial charge < -0.3 is 24.8 Å². The Hall–Kier alpha value is -2.61. The third-order valence-electron chi connectivity index (χ3n) is 6.03. The molecule has 1 amide bonds. The van der Waals surface area contributed by atoms with E-state index in [4.69, 9.17) is 14.2 Å². The highest BCUT2D eigenvalue weighted by molar-refractivity contribution is 5.92. The molecule has 2 aliphatic heterocycles. The zero-order chi connectivity index (χ0) is 23.0. The number of nitrogens with zero attached hydrogens (tertiary/aromatic N) is 1. The first kappa shape index (κ1) is 23.5. The minimum atomic E-state index is -0.0593. The van der Waals surface area contributed by atoms with Gasteiger partial charge in [0.25, 0.3) is 0 Å². The quantitative estimate of drug-likeness (QED) is 0.636. The number of hydrogen-bond donors (Lipinski definition) is 2. The van der Waals surface area contributed by atoms with Gasteiger partial charge in [0.15, 0.2) is 11.5 Å². The molecule has 1 fully saturated rings. The fourth-order valence-electron chi connectivity index (χ4n) is 4.23. The average Bonchev–Trinajstić information content (AvgIpc) is 3.06. The summed E-state index contributed by atoms with van der Waals surface area (Å²) in [7, 11) is 0. The van der Waals surface area contributed by atoms with E-state index in [1.165, 1.54) is 5.56 Å². The van der Waals surface area contributed by atoms with E-state index in [2.05, 4.69) is 47.6 Å². The van der Waals surface area contributed by atoms with E-state index < -0.39 is 0 Å². The molecule has 7 heteroatoms. The fraction of sp³-hybridized carbons (Fsp3) is 0.500. The molecule has 1 atom stereocenters. The average molecular weight is 454 g/mol. The number of benzene rings is 2. The zero-order valence-electron chi connectivity index (χ0n) is 19.6. The molecular weight excluding hydrogens is 418 g/mol. The first-order valence-electron chi connectivity index (χ1n) is 11.9. The van der Waals surface area contributed by atoms with Gasteiger partial charge in [-0.05, 0) is 41.3 Å². The van der Waals surface area contributed by atoms with Gasteiger partial charge in [-0.1, -0.05) is 32.0 Å². The van der Waals surface area contributed by atoms with E-state index in [9.17, 15) is 4.79 Å². The van der Waals surface area contributed by atoms with Crippen molar-refractivity contribution >= 4 is 11.6 Å². The van der Waals surface area contributed by atoms with Crippen LogP contribution < -0.4 is 20.1 Å². The lowest BCUT2D eigenvalue weighted by molar-refractivity contribution is -0.115. The van der Waals surface area contributed by atoms with Crippen molar-refractivity contribution in [3.8, 4) is 11.5 Å². The molecule has 0 aromatic heterocycles. The van der Waals surface area contributed by atoms with Gasteiger partial charge in [0, 0.05) is 37.8 Å². The maximum atomic E-state index is 12.6. The monoisotopic (exact) mass is 453 g/mol. The van der Waals surface area contributed by atoms with Crippen LogP contribution in [0.3, 0.4) is 0 Å². The van der Waals surface area contributed by atoms with Gasteiger partial charge in [-0.2, -0.15) is 0 Å². The predicted molar refractivity (Wildman–Crippen MR) is 129 cm³/mol. The first-order valence-corrected chi connectivity index (χ1v) is 11.9. The number of morpholine rings is 1. The Kier molecular flexibility index (Phi) is 8.20. The van der Waals surface area contributed by atoms with Gasteiger partial charge in [0.1, 0.15) is 0 Å². The predicted octanol–water partition coefficient (Wildman–Crippen LogP) is 3.61. The number of fused-ring (bicyclic) bond motifs is 1. The van der Waals surface area contributed by atoms with Crippen molar-refractivity contribution < 1.29 is 19.0 Å². The van der Waals surface area contributed by atoms with E-state index in [1.807, 2.05) is 24.3 Å². The Morgan fingerprint density at radius 2 is 1.70 bits per heavy atom. The van der Waals surface area contributed by atoms with Crippen molar-refractivity contribution in [1.82, 2.24) is 10.2 Å². The van der Waals surface area contributed by atoms with E-state index in [-0.39, 0.29) is 18.5 Å². The van der Waals surface area contributed by atoms with Crippen LogP contribution in [0.25, 0.3) is 0 Å². The molecule has 4 rings (SSSR count). The Bertz CT molecular complexity index is 910. The first-order chi connectivity index (χ1) is 16.1. The summed E-state index contributed by atoms with van der Waals surface area (Å²) in [6, 6.07) is 14.2. The zero-order valence-corrected chi connectivity index (χ0v) is 19.6. The second kappa shape index (κ2) is 11.5. The molecule has 2 aromatic carbocycles. The van der Waals surface area contributed by atoms with E-state index in [0.29, 0.717) is 19.1 Å². The Morgan fingerprint density at radius 1 is 0.970 bits per heavy atom. The second-order valence-corrected chi connectivity index (χ2v) is 8.99. The van der Waals surface area contributed by atoms with Crippen LogP contribution in [0.5, 0.6) is 11.5 Å². The van der Waals surface area contributed by atoms with Gasteiger partial charge in [-0.25, -0.2) is 0 Å². The number of hydrogen-bond acceptors (Lipinski definition) is 6. The standard InChI is InChI=1S/C26H35N3O4/c1-19(2)26(21-6-9-23-24(16-21)33-13-3-12-32-23)27-17-25(30)28-22-7-4-20(5-8-22)18-29-10-14-31-15-11-29/h4-9,16,19,26-27H,3,10-15,17-18H2,1-2H3,(H,28,30)/t26-/m1/s1. The molecule has 178 valence electrons. The Morgan fingerprint density at radius 3 is 2.42 bits per heavy atom. The number of ether oxygens (including phenoxy) is 3. The molecule has 0 bridgehead atoms. The molecule has 2 N–H and O–H groups in total. The molecule has 0 aliphatic carbocycles. The van der Waals surface area contributed by atoms with Crippen LogP contribution >= 0.6 is 0 Å². The number of anilines is 1. The molecule has 33 heavy (non-hydrogen) atoms. The normalized spacial score (nSPS) is 17.4. The summed E-state index contributed by atoms with van der Waals surface area (Å²) in [4.78, 5) is 15.0. The largest absolute Gasteiger partial charge is 0.490 e. The number of carbonyl (C=O) groups excluding carboxylic acids is 1. The van der Waals surface area contributed by atoms with Crippen molar-refractivity contribution in [2.75, 3.05) is 51.4 Å². The van der Waals surface area contributed by atoms with Crippen LogP contribution in [0.2, 0.25) is 0 Å². The summed E-state index contributed by atoms with van der Waals surface area (Å²) in [5, 5.41) is 6.41. The van der Waals surface area contributed by atoms with Crippen LogP contribution in [-0.2, 0) is 16.1 Å². The van der Waals surface area contributed by atoms with Gasteiger partial charge >= 0.3 is 0 Å². The maximum absolute atomic E-state index is 12.6. The van der Waals surface area contributed by atoms with E-state index in [0.717, 1.165) is 62.0 Å². The summed E-state index contributed by atoms with van der Waals surface area (Å²) >= 11 is 0. The number of amides is 1. The van der Waals surface area contributed by atoms with Crippen molar-refractivity contribution in [2.24, 2.45) is 5.92 Å². The molecule has 0 radical (unpaired) electrons. The highest BCUT2D eigenvalue weighted by Crippen LogP contribution is 2.34. The number of carbonyl (C=O) groups is 1. The number of nitrogens with one attached hydrogen (secondary N) is 2. The summed E-state index contributed by atoms with van der Waals surface area (Å²) in [6.45, 7) is 10.3. The van der Waals surface area contributed by atoms with Crippen molar-refractivity contribution in [1.29, 1.82) is 0 Å². The van der Waals surface area contributed by atoms with Gasteiger partial charge in [0.05, 0.1) is 33.0 Å². The Labute approximate surface area is 196 Å². The Balaban J connectivity index is 1.30. The smallest absolute Gasteiger partial charge is 0.238 e. The minimum Gasteiger partial charge on any atom is -0.490 e. The molecule has 7 nitrogen and oxygen atoms in total. The summed E-state index contributed by atoms with van der Waals surface area (Å²) in [6.07, 6.45) is 0.879. The van der Waals surface area contributed by atoms with Crippen molar-refractivity contribution in [2.45, 2.75) is 32.9 Å². The minimum absolute atomic E-state index is 0.0313. The molecule has 0 unspecified atom stereocenters. The molecule has 2 aliphatic rings. The van der Waals surface area contributed by atoms with Gasteiger partial charge in [-0.15, -0.1) is 0 Å². The van der Waals surface area contributed by atoms with Crippen LogP contribution in [0.4, 0.5) is 5.69 Å². The SMILES string of the molecule is CC(C)[C@@H](NCC(=O)Nc1ccc(CN2CCOCC2)cc1)c1ccc2c(c1)OCCCO2. The lowest BCUT2D eigenvalue weighted by Gasteiger charge is -2.26. The van der Waals surface area contributed by atoms with Crippen molar-refractivity contribution in [3.05, 3.63) is 53.6 Å². The molecule has 0 spiro atoms. The van der Waals surface area contributed by atoms with Crippen LogP contribution in [0.15, 0.2) is 42.5 Å². The van der Waals surface area contributed by atoms with Crippen LogP contribution in [0, 0.1) is 5.92 Å². The summed E-state index contributed by atoms with van der Waals surface area (Å²) in [5.41, 5.74) is 3.14. The lowest BCUT2D eigenvalue weighted by Crippen LogP contribution is -2.35. The summed E-state index contributed by atoms with van der Waals surface area (Å²) in [5.74, 6) is 1.81. The second-order valence-electron chi connectivity index (χ2n) is 8.99. The van der Waals surface area contributed by atoms with Crippen LogP contribution in [0.1, 0.15) is 37.4 Å². The maximum Gasteiger partial charge on any atom is 0.238 e. The van der Waals surface area contributed by atoms with Crippen molar-refractivity contribution in [3.63, 3.8) is 0 Å². The lowest BCUT2D eigenvalue weighted by atomic mass is 9.95.